The molecule has 5 heteroatoms. The lowest BCUT2D eigenvalue weighted by Crippen LogP contribution is -2.39. The van der Waals surface area contributed by atoms with Gasteiger partial charge in [-0.2, -0.15) is 0 Å². The van der Waals surface area contributed by atoms with Gasteiger partial charge in [0.05, 0.1) is 11.7 Å². The Bertz CT molecular complexity index is 523. The summed E-state index contributed by atoms with van der Waals surface area (Å²) in [5.41, 5.74) is 8.09. The van der Waals surface area contributed by atoms with Gasteiger partial charge in [0, 0.05) is 5.54 Å². The molecule has 5 nitrogen and oxygen atoms in total. The van der Waals surface area contributed by atoms with E-state index in [9.17, 15) is 4.79 Å². The zero-order valence-corrected chi connectivity index (χ0v) is 11.3. The van der Waals surface area contributed by atoms with Gasteiger partial charge in [0.2, 0.25) is 0 Å². The molecule has 3 N–H and O–H groups in total. The van der Waals surface area contributed by atoms with Crippen LogP contribution in [0.4, 0.5) is 5.69 Å². The maximum absolute atomic E-state index is 11.4. The number of hydrogen-bond acceptors (Lipinski definition) is 4. The average Bonchev–Trinajstić information content (AvgIpc) is 3.06. The molecular weight excluding hydrogens is 242 g/mol. The Hall–Kier alpha value is -1.59. The first-order valence-corrected chi connectivity index (χ1v) is 6.51. The molecule has 3 rings (SSSR count). The molecule has 1 atom stereocenters. The van der Waals surface area contributed by atoms with Gasteiger partial charge in [-0.25, -0.2) is 0 Å². The van der Waals surface area contributed by atoms with Gasteiger partial charge in [-0.1, -0.05) is 6.07 Å². The highest BCUT2D eigenvalue weighted by molar-refractivity contribution is 5.95. The van der Waals surface area contributed by atoms with Crippen molar-refractivity contribution in [2.24, 2.45) is 5.73 Å². The van der Waals surface area contributed by atoms with Crippen LogP contribution in [0.15, 0.2) is 18.2 Å². The minimum Gasteiger partial charge on any atom is -0.482 e. The molecule has 0 bridgehead atoms. The van der Waals surface area contributed by atoms with Crippen molar-refractivity contribution in [2.75, 3.05) is 26.0 Å². The minimum atomic E-state index is -0.142. The number of rotatable bonds is 3. The van der Waals surface area contributed by atoms with Gasteiger partial charge < -0.3 is 20.7 Å². The lowest BCUT2D eigenvalue weighted by Gasteiger charge is -2.31. The summed E-state index contributed by atoms with van der Waals surface area (Å²) in [6.45, 7) is 0.0876. The molecule has 1 aliphatic carbocycles. The third kappa shape index (κ3) is 2.19. The Morgan fingerprint density at radius 2 is 2.16 bits per heavy atom. The van der Waals surface area contributed by atoms with E-state index in [0.29, 0.717) is 0 Å². The van der Waals surface area contributed by atoms with E-state index in [4.69, 9.17) is 10.5 Å². The van der Waals surface area contributed by atoms with E-state index in [1.165, 1.54) is 0 Å². The van der Waals surface area contributed by atoms with Crippen LogP contribution < -0.4 is 15.8 Å². The van der Waals surface area contributed by atoms with Crippen LogP contribution in [0.1, 0.15) is 24.4 Å². The first-order chi connectivity index (χ1) is 8.99. The molecule has 0 radical (unpaired) electrons. The first-order valence-electron chi connectivity index (χ1n) is 6.51. The summed E-state index contributed by atoms with van der Waals surface area (Å²) < 4.78 is 5.38. The summed E-state index contributed by atoms with van der Waals surface area (Å²) >= 11 is 0. The molecule has 2 aliphatic rings. The summed E-state index contributed by atoms with van der Waals surface area (Å²) in [4.78, 5) is 13.5. The summed E-state index contributed by atoms with van der Waals surface area (Å²) in [5, 5.41) is 2.84. The number of ether oxygens (including phenoxy) is 1. The molecule has 0 spiro atoms. The maximum Gasteiger partial charge on any atom is 0.262 e. The van der Waals surface area contributed by atoms with Gasteiger partial charge in [-0.3, -0.25) is 4.79 Å². The van der Waals surface area contributed by atoms with Crippen LogP contribution in [0.3, 0.4) is 0 Å². The number of carbonyl (C=O) groups excluding carboxylic acids is 1. The SMILES string of the molecule is CN(C)C(c1ccc2c(c1)NC(=O)CO2)C1(N)CC1. The van der Waals surface area contributed by atoms with Gasteiger partial charge in [-0.05, 0) is 44.6 Å². The molecule has 0 aromatic heterocycles. The molecular formula is C14H19N3O2. The number of carbonyl (C=O) groups is 1. The second-order valence-corrected chi connectivity index (χ2v) is 5.69. The smallest absolute Gasteiger partial charge is 0.262 e. The molecule has 1 fully saturated rings. The van der Waals surface area contributed by atoms with Gasteiger partial charge in [0.25, 0.3) is 5.91 Å². The third-order valence-corrected chi connectivity index (χ3v) is 3.84. The second-order valence-electron chi connectivity index (χ2n) is 5.69. The zero-order valence-electron chi connectivity index (χ0n) is 11.3. The van der Waals surface area contributed by atoms with Crippen LogP contribution >= 0.6 is 0 Å². The van der Waals surface area contributed by atoms with Crippen LogP contribution in [0.2, 0.25) is 0 Å². The monoisotopic (exact) mass is 261 g/mol. The summed E-state index contributed by atoms with van der Waals surface area (Å²) in [6.07, 6.45) is 2.07. The minimum absolute atomic E-state index is 0.0876. The molecule has 1 unspecified atom stereocenters. The van der Waals surface area contributed by atoms with Crippen LogP contribution in [-0.4, -0.2) is 37.0 Å². The lowest BCUT2D eigenvalue weighted by atomic mass is 9.96. The topological polar surface area (TPSA) is 67.6 Å². The van der Waals surface area contributed by atoms with E-state index in [0.717, 1.165) is 29.8 Å². The van der Waals surface area contributed by atoms with E-state index in [1.54, 1.807) is 0 Å². The van der Waals surface area contributed by atoms with Crippen LogP contribution in [-0.2, 0) is 4.79 Å². The molecule has 1 aromatic rings. The number of benzene rings is 1. The molecule has 0 saturated heterocycles. The van der Waals surface area contributed by atoms with Crippen molar-refractivity contribution in [3.05, 3.63) is 23.8 Å². The predicted molar refractivity (Wildman–Crippen MR) is 73.1 cm³/mol. The summed E-state index contributed by atoms with van der Waals surface area (Å²) in [5.74, 6) is 0.614. The molecule has 1 amide bonds. The van der Waals surface area contributed by atoms with Crippen molar-refractivity contribution in [3.8, 4) is 5.75 Å². The maximum atomic E-state index is 11.4. The van der Waals surface area contributed by atoms with E-state index >= 15 is 0 Å². The Balaban J connectivity index is 1.96. The summed E-state index contributed by atoms with van der Waals surface area (Å²) in [7, 11) is 4.07. The average molecular weight is 261 g/mol. The van der Waals surface area contributed by atoms with E-state index in [2.05, 4.69) is 10.2 Å². The standard InChI is InChI=1S/C14H19N3O2/c1-17(2)13(14(15)5-6-14)9-3-4-11-10(7-9)16-12(18)8-19-11/h3-4,7,13H,5-6,8,15H2,1-2H3,(H,16,18). The Kier molecular flexibility index (Phi) is 2.76. The van der Waals surface area contributed by atoms with Crippen LogP contribution in [0.5, 0.6) is 5.75 Å². The number of amides is 1. The van der Waals surface area contributed by atoms with Gasteiger partial charge in [0.15, 0.2) is 6.61 Å². The zero-order chi connectivity index (χ0) is 13.6. The fraction of sp³-hybridized carbons (Fsp3) is 0.500. The van der Waals surface area contributed by atoms with Crippen molar-refractivity contribution in [3.63, 3.8) is 0 Å². The number of hydrogen-bond donors (Lipinski definition) is 2. The van der Waals surface area contributed by atoms with E-state index in [1.807, 2.05) is 32.3 Å². The van der Waals surface area contributed by atoms with Gasteiger partial charge in [0.1, 0.15) is 5.75 Å². The number of likely N-dealkylation sites (N-methyl/N-ethyl adjacent to an activating group) is 1. The Morgan fingerprint density at radius 1 is 1.42 bits per heavy atom. The third-order valence-electron chi connectivity index (χ3n) is 3.84. The molecule has 1 aromatic carbocycles. The predicted octanol–water partition coefficient (Wildman–Crippen LogP) is 1.11. The van der Waals surface area contributed by atoms with Crippen molar-refractivity contribution in [1.82, 2.24) is 4.90 Å². The fourth-order valence-electron chi connectivity index (χ4n) is 2.83. The normalized spacial score (nSPS) is 21.4. The number of nitrogens with one attached hydrogen (secondary N) is 1. The number of nitrogens with two attached hydrogens (primary N) is 1. The van der Waals surface area contributed by atoms with Crippen molar-refractivity contribution < 1.29 is 9.53 Å². The summed E-state index contributed by atoms with van der Waals surface area (Å²) in [6, 6.07) is 6.08. The fourth-order valence-corrected chi connectivity index (χ4v) is 2.83. The molecule has 1 heterocycles. The molecule has 19 heavy (non-hydrogen) atoms. The van der Waals surface area contributed by atoms with Crippen molar-refractivity contribution in [2.45, 2.75) is 24.4 Å². The lowest BCUT2D eigenvalue weighted by molar-refractivity contribution is -0.118. The molecule has 102 valence electrons. The van der Waals surface area contributed by atoms with Gasteiger partial charge in [-0.15, -0.1) is 0 Å². The molecule has 1 saturated carbocycles. The largest absolute Gasteiger partial charge is 0.482 e. The second kappa shape index (κ2) is 4.21. The number of anilines is 1. The van der Waals surface area contributed by atoms with Crippen LogP contribution in [0.25, 0.3) is 0 Å². The Labute approximate surface area is 112 Å². The highest BCUT2D eigenvalue weighted by Gasteiger charge is 2.47. The van der Waals surface area contributed by atoms with Crippen molar-refractivity contribution >= 4 is 11.6 Å². The number of nitrogens with zero attached hydrogens (tertiary/aromatic N) is 1. The van der Waals surface area contributed by atoms with Crippen molar-refractivity contribution in [1.29, 1.82) is 0 Å². The highest BCUT2D eigenvalue weighted by atomic mass is 16.5. The quantitative estimate of drug-likeness (QED) is 0.855. The molecule has 1 aliphatic heterocycles. The van der Waals surface area contributed by atoms with E-state index in [-0.39, 0.29) is 24.1 Å². The highest BCUT2D eigenvalue weighted by Crippen LogP contribution is 2.47. The first kappa shape index (κ1) is 12.4. The number of fused-ring (bicyclic) bond motifs is 1. The van der Waals surface area contributed by atoms with E-state index < -0.39 is 0 Å². The van der Waals surface area contributed by atoms with Crippen LogP contribution in [0, 0.1) is 0 Å². The van der Waals surface area contributed by atoms with Gasteiger partial charge >= 0.3 is 0 Å². The Morgan fingerprint density at radius 3 is 2.79 bits per heavy atom.